The van der Waals surface area contributed by atoms with Crippen LogP contribution in [0, 0.1) is 0 Å². The normalized spacial score (nSPS) is 15.8. The van der Waals surface area contributed by atoms with Crippen LogP contribution in [-0.4, -0.2) is 71.7 Å². The number of hydrogen-bond acceptors (Lipinski definition) is 6. The molecule has 0 saturated carbocycles. The molecule has 29 heavy (non-hydrogen) atoms. The summed E-state index contributed by atoms with van der Waals surface area (Å²) >= 11 is 0. The van der Waals surface area contributed by atoms with Gasteiger partial charge in [0.1, 0.15) is 22.1 Å². The van der Waals surface area contributed by atoms with Crippen molar-refractivity contribution in [3.8, 4) is 17.2 Å². The van der Waals surface area contributed by atoms with Crippen LogP contribution in [-0.2, 0) is 16.4 Å². The molecule has 1 aliphatic rings. The van der Waals surface area contributed by atoms with Gasteiger partial charge in [-0.2, -0.15) is 4.31 Å². The number of piperazine rings is 1. The van der Waals surface area contributed by atoms with Crippen molar-refractivity contribution in [2.45, 2.75) is 11.3 Å². The molecule has 2 aromatic rings. The largest absolute Gasteiger partial charge is 0.497 e. The Morgan fingerprint density at radius 1 is 0.828 bits per heavy atom. The Kier molecular flexibility index (Phi) is 7.00. The quantitative estimate of drug-likeness (QED) is 0.653. The smallest absolute Gasteiger partial charge is 0.246 e. The molecular weight excluding hydrogens is 392 g/mol. The van der Waals surface area contributed by atoms with Gasteiger partial charge in [0.25, 0.3) is 0 Å². The molecule has 0 unspecified atom stereocenters. The summed E-state index contributed by atoms with van der Waals surface area (Å²) in [6.07, 6.45) is 0.917. The lowest BCUT2D eigenvalue weighted by Gasteiger charge is -2.34. The van der Waals surface area contributed by atoms with E-state index in [1.165, 1.54) is 30.2 Å². The SMILES string of the molecule is COc1ccc(CCN2CCN(S(=O)(=O)c3cc(OC)ccc3OC)CC2)cc1. The van der Waals surface area contributed by atoms with E-state index in [0.29, 0.717) is 37.7 Å². The predicted octanol–water partition coefficient (Wildman–Crippen LogP) is 2.26. The first kappa shape index (κ1) is 21.4. The van der Waals surface area contributed by atoms with E-state index in [9.17, 15) is 8.42 Å². The molecule has 0 aliphatic carbocycles. The number of sulfonamides is 1. The molecule has 1 aliphatic heterocycles. The van der Waals surface area contributed by atoms with Gasteiger partial charge in [-0.15, -0.1) is 0 Å². The molecule has 158 valence electrons. The molecule has 0 aromatic heterocycles. The third-order valence-corrected chi connectivity index (χ3v) is 7.12. The summed E-state index contributed by atoms with van der Waals surface area (Å²) in [4.78, 5) is 2.44. The molecule has 0 radical (unpaired) electrons. The molecular formula is C21H28N2O5S. The monoisotopic (exact) mass is 420 g/mol. The lowest BCUT2D eigenvalue weighted by atomic mass is 10.1. The zero-order valence-corrected chi connectivity index (χ0v) is 17.9. The first-order valence-corrected chi connectivity index (χ1v) is 11.0. The van der Waals surface area contributed by atoms with Crippen molar-refractivity contribution in [3.05, 3.63) is 48.0 Å². The van der Waals surface area contributed by atoms with E-state index in [1.807, 2.05) is 12.1 Å². The standard InChI is InChI=1S/C21H28N2O5S/c1-26-18-6-4-17(5-7-18)10-11-22-12-14-23(15-13-22)29(24,25)21-16-19(27-2)8-9-20(21)28-3/h4-9,16H,10-15H2,1-3H3. The molecule has 0 amide bonds. The van der Waals surface area contributed by atoms with E-state index >= 15 is 0 Å². The van der Waals surface area contributed by atoms with Crippen LogP contribution in [0.1, 0.15) is 5.56 Å². The number of benzene rings is 2. The second-order valence-corrected chi connectivity index (χ2v) is 8.77. The number of hydrogen-bond donors (Lipinski definition) is 0. The average molecular weight is 421 g/mol. The average Bonchev–Trinajstić information content (AvgIpc) is 2.77. The molecule has 1 fully saturated rings. The van der Waals surface area contributed by atoms with Crippen LogP contribution >= 0.6 is 0 Å². The lowest BCUT2D eigenvalue weighted by molar-refractivity contribution is 0.190. The third-order valence-electron chi connectivity index (χ3n) is 5.20. The van der Waals surface area contributed by atoms with Gasteiger partial charge in [-0.25, -0.2) is 8.42 Å². The second kappa shape index (κ2) is 9.47. The summed E-state index contributed by atoms with van der Waals surface area (Å²) < 4.78 is 43.4. The fourth-order valence-electron chi connectivity index (χ4n) is 3.40. The maximum atomic E-state index is 13.1. The van der Waals surface area contributed by atoms with Crippen molar-refractivity contribution < 1.29 is 22.6 Å². The molecule has 0 N–H and O–H groups in total. The number of methoxy groups -OCH3 is 3. The van der Waals surface area contributed by atoms with Crippen LogP contribution in [0.3, 0.4) is 0 Å². The number of nitrogens with zero attached hydrogens (tertiary/aromatic N) is 2. The van der Waals surface area contributed by atoms with E-state index in [1.54, 1.807) is 19.2 Å². The van der Waals surface area contributed by atoms with Gasteiger partial charge in [0.15, 0.2) is 0 Å². The van der Waals surface area contributed by atoms with Crippen molar-refractivity contribution in [3.63, 3.8) is 0 Å². The van der Waals surface area contributed by atoms with Crippen LogP contribution in [0.15, 0.2) is 47.4 Å². The van der Waals surface area contributed by atoms with E-state index < -0.39 is 10.0 Å². The molecule has 8 heteroatoms. The first-order valence-electron chi connectivity index (χ1n) is 9.55. The molecule has 7 nitrogen and oxygen atoms in total. The molecule has 0 spiro atoms. The molecule has 3 rings (SSSR count). The van der Waals surface area contributed by atoms with Gasteiger partial charge in [0.2, 0.25) is 10.0 Å². The van der Waals surface area contributed by atoms with Crippen molar-refractivity contribution in [1.29, 1.82) is 0 Å². The van der Waals surface area contributed by atoms with Gasteiger partial charge in [0, 0.05) is 38.8 Å². The Morgan fingerprint density at radius 3 is 2.03 bits per heavy atom. The summed E-state index contributed by atoms with van der Waals surface area (Å²) in [5.41, 5.74) is 1.24. The Bertz CT molecular complexity index is 907. The van der Waals surface area contributed by atoms with E-state index in [-0.39, 0.29) is 4.90 Å². The fourth-order valence-corrected chi connectivity index (χ4v) is 4.99. The highest BCUT2D eigenvalue weighted by Crippen LogP contribution is 2.31. The molecule has 0 bridgehead atoms. The van der Waals surface area contributed by atoms with Crippen LogP contribution in [0.2, 0.25) is 0 Å². The lowest BCUT2D eigenvalue weighted by Crippen LogP contribution is -2.49. The van der Waals surface area contributed by atoms with Gasteiger partial charge < -0.3 is 19.1 Å². The summed E-state index contributed by atoms with van der Waals surface area (Å²) in [5, 5.41) is 0. The Balaban J connectivity index is 1.60. The Hall–Kier alpha value is -2.29. The van der Waals surface area contributed by atoms with Crippen LogP contribution in [0.5, 0.6) is 17.2 Å². The van der Waals surface area contributed by atoms with Crippen molar-refractivity contribution in [2.24, 2.45) is 0 Å². The van der Waals surface area contributed by atoms with E-state index in [2.05, 4.69) is 17.0 Å². The predicted molar refractivity (Wildman–Crippen MR) is 111 cm³/mol. The maximum absolute atomic E-state index is 13.1. The number of ether oxygens (including phenoxy) is 3. The van der Waals surface area contributed by atoms with Gasteiger partial charge in [-0.05, 0) is 36.2 Å². The Labute approximate surface area is 172 Å². The van der Waals surface area contributed by atoms with Crippen molar-refractivity contribution in [1.82, 2.24) is 9.21 Å². The summed E-state index contributed by atoms with van der Waals surface area (Å²) in [6, 6.07) is 12.9. The van der Waals surface area contributed by atoms with Gasteiger partial charge in [-0.3, -0.25) is 0 Å². The summed E-state index contributed by atoms with van der Waals surface area (Å²) in [6.45, 7) is 3.18. The highest BCUT2D eigenvalue weighted by atomic mass is 32.2. The minimum Gasteiger partial charge on any atom is -0.497 e. The van der Waals surface area contributed by atoms with Crippen molar-refractivity contribution in [2.75, 3.05) is 54.1 Å². The second-order valence-electron chi connectivity index (χ2n) is 6.86. The number of rotatable bonds is 8. The van der Waals surface area contributed by atoms with Crippen LogP contribution in [0.4, 0.5) is 0 Å². The minimum atomic E-state index is -3.65. The van der Waals surface area contributed by atoms with Gasteiger partial charge in [0.05, 0.1) is 21.3 Å². The molecule has 0 atom stereocenters. The highest BCUT2D eigenvalue weighted by Gasteiger charge is 2.31. The van der Waals surface area contributed by atoms with E-state index in [4.69, 9.17) is 14.2 Å². The van der Waals surface area contributed by atoms with E-state index in [0.717, 1.165) is 18.7 Å². The Morgan fingerprint density at radius 2 is 1.45 bits per heavy atom. The zero-order chi connectivity index (χ0) is 20.9. The summed E-state index contributed by atoms with van der Waals surface area (Å²) in [7, 11) is 0.992. The topological polar surface area (TPSA) is 68.3 Å². The molecule has 1 saturated heterocycles. The fraction of sp³-hybridized carbons (Fsp3) is 0.429. The molecule has 2 aromatic carbocycles. The van der Waals surface area contributed by atoms with Gasteiger partial charge in [-0.1, -0.05) is 12.1 Å². The third kappa shape index (κ3) is 5.01. The summed E-state index contributed by atoms with van der Waals surface area (Å²) in [5.74, 6) is 1.66. The van der Waals surface area contributed by atoms with Crippen molar-refractivity contribution >= 4 is 10.0 Å². The first-order chi connectivity index (χ1) is 14.0. The van der Waals surface area contributed by atoms with Gasteiger partial charge >= 0.3 is 0 Å². The zero-order valence-electron chi connectivity index (χ0n) is 17.1. The van der Waals surface area contributed by atoms with Crippen LogP contribution < -0.4 is 14.2 Å². The highest BCUT2D eigenvalue weighted by molar-refractivity contribution is 7.89. The maximum Gasteiger partial charge on any atom is 0.246 e. The molecule has 1 heterocycles. The minimum absolute atomic E-state index is 0.144. The van der Waals surface area contributed by atoms with Crippen LogP contribution in [0.25, 0.3) is 0 Å².